The summed E-state index contributed by atoms with van der Waals surface area (Å²) in [4.78, 5) is 10.8. The van der Waals surface area contributed by atoms with Crippen LogP contribution in [0.5, 0.6) is 0 Å². The average Bonchev–Trinajstić information content (AvgIpc) is 2.15. The Morgan fingerprint density at radius 1 is 1.54 bits per heavy atom. The highest BCUT2D eigenvalue weighted by atomic mass is 35.5. The van der Waals surface area contributed by atoms with Crippen LogP contribution in [0.15, 0.2) is 24.3 Å². The summed E-state index contributed by atoms with van der Waals surface area (Å²) in [6.07, 6.45) is 0. The summed E-state index contributed by atoms with van der Waals surface area (Å²) >= 11 is 5.39. The summed E-state index contributed by atoms with van der Waals surface area (Å²) in [6.45, 7) is 0. The Hall–Kier alpha value is -1.46. The molecule has 1 amide bonds. The van der Waals surface area contributed by atoms with Crippen LogP contribution in [0, 0.1) is 11.8 Å². The second-order valence-electron chi connectivity index (χ2n) is 2.38. The molecule has 66 valence electrons. The van der Waals surface area contributed by atoms with E-state index in [2.05, 4.69) is 11.8 Å². The van der Waals surface area contributed by atoms with Gasteiger partial charge in [0, 0.05) is 11.1 Å². The van der Waals surface area contributed by atoms with E-state index in [9.17, 15) is 4.79 Å². The van der Waals surface area contributed by atoms with Gasteiger partial charge in [0.2, 0.25) is 5.91 Å². The number of nitrogens with two attached hydrogens (primary N) is 1. The summed E-state index contributed by atoms with van der Waals surface area (Å²) in [5.41, 5.74) is 6.30. The maximum Gasteiger partial charge on any atom is 0.248 e. The Morgan fingerprint density at radius 2 is 2.31 bits per heavy atom. The Kier molecular flexibility index (Phi) is 3.36. The van der Waals surface area contributed by atoms with Crippen molar-refractivity contribution in [3.05, 3.63) is 35.4 Å². The van der Waals surface area contributed by atoms with E-state index in [0.29, 0.717) is 5.56 Å². The fraction of sp³-hybridized carbons (Fsp3) is 0.100. The van der Waals surface area contributed by atoms with Gasteiger partial charge in [-0.25, -0.2) is 0 Å². The van der Waals surface area contributed by atoms with E-state index in [1.165, 1.54) is 0 Å². The van der Waals surface area contributed by atoms with Crippen molar-refractivity contribution in [3.63, 3.8) is 0 Å². The molecule has 0 aliphatic rings. The fourth-order valence-electron chi connectivity index (χ4n) is 0.886. The van der Waals surface area contributed by atoms with Crippen LogP contribution in [0.2, 0.25) is 0 Å². The van der Waals surface area contributed by atoms with E-state index >= 15 is 0 Å². The summed E-state index contributed by atoms with van der Waals surface area (Å²) in [5.74, 6) is 5.32. The molecule has 3 heteroatoms. The smallest absolute Gasteiger partial charge is 0.248 e. The van der Waals surface area contributed by atoms with Gasteiger partial charge in [-0.15, -0.1) is 11.6 Å². The third kappa shape index (κ3) is 2.81. The predicted molar refractivity (Wildman–Crippen MR) is 52.6 cm³/mol. The summed E-state index contributed by atoms with van der Waals surface area (Å²) < 4.78 is 0. The van der Waals surface area contributed by atoms with E-state index in [-0.39, 0.29) is 5.88 Å². The third-order valence-electron chi connectivity index (χ3n) is 1.45. The number of hydrogen-bond donors (Lipinski definition) is 1. The van der Waals surface area contributed by atoms with E-state index in [4.69, 9.17) is 17.3 Å². The molecule has 0 aliphatic carbocycles. The van der Waals surface area contributed by atoms with Gasteiger partial charge < -0.3 is 5.73 Å². The maximum absolute atomic E-state index is 10.8. The highest BCUT2D eigenvalue weighted by molar-refractivity contribution is 6.19. The van der Waals surface area contributed by atoms with E-state index in [1.807, 2.05) is 0 Å². The first-order valence-corrected chi connectivity index (χ1v) is 4.22. The molecule has 13 heavy (non-hydrogen) atoms. The summed E-state index contributed by atoms with van der Waals surface area (Å²) in [6, 6.07) is 6.82. The number of primary amides is 1. The highest BCUT2D eigenvalue weighted by Crippen LogP contribution is 2.02. The highest BCUT2D eigenvalue weighted by Gasteiger charge is 1.98. The van der Waals surface area contributed by atoms with Gasteiger partial charge in [-0.2, -0.15) is 0 Å². The first kappa shape index (κ1) is 9.63. The minimum Gasteiger partial charge on any atom is -0.366 e. The van der Waals surface area contributed by atoms with Crippen molar-refractivity contribution in [2.75, 3.05) is 5.88 Å². The minimum absolute atomic E-state index is 0.279. The Bertz CT molecular complexity index is 376. The van der Waals surface area contributed by atoms with Gasteiger partial charge in [0.15, 0.2) is 0 Å². The molecular weight excluding hydrogens is 186 g/mol. The fourth-order valence-corrected chi connectivity index (χ4v) is 0.953. The van der Waals surface area contributed by atoms with Gasteiger partial charge in [0.25, 0.3) is 0 Å². The van der Waals surface area contributed by atoms with Crippen LogP contribution in [-0.2, 0) is 0 Å². The number of carbonyl (C=O) groups is 1. The quantitative estimate of drug-likeness (QED) is 0.532. The topological polar surface area (TPSA) is 43.1 Å². The van der Waals surface area contributed by atoms with Crippen molar-refractivity contribution >= 4 is 17.5 Å². The normalized spacial score (nSPS) is 8.69. The number of rotatable bonds is 1. The summed E-state index contributed by atoms with van der Waals surface area (Å²) in [5, 5.41) is 0. The monoisotopic (exact) mass is 193 g/mol. The first-order chi connectivity index (χ1) is 6.24. The molecule has 0 radical (unpaired) electrons. The molecular formula is C10H8ClNO. The van der Waals surface area contributed by atoms with Crippen LogP contribution in [-0.4, -0.2) is 11.8 Å². The number of alkyl halides is 1. The molecule has 0 spiro atoms. The molecule has 0 atom stereocenters. The molecule has 2 N–H and O–H groups in total. The lowest BCUT2D eigenvalue weighted by Gasteiger charge is -1.94. The first-order valence-electron chi connectivity index (χ1n) is 3.68. The molecule has 0 bridgehead atoms. The molecule has 0 heterocycles. The number of amides is 1. The zero-order chi connectivity index (χ0) is 9.68. The minimum atomic E-state index is -0.450. The van der Waals surface area contributed by atoms with Gasteiger partial charge in [0.05, 0.1) is 5.88 Å². The van der Waals surface area contributed by atoms with Crippen molar-refractivity contribution in [2.45, 2.75) is 0 Å². The molecule has 1 aromatic rings. The standard InChI is InChI=1S/C10H8ClNO/c11-6-2-4-8-3-1-5-9(7-8)10(12)13/h1,3,5,7H,6H2,(H2,12,13). The second kappa shape index (κ2) is 4.54. The van der Waals surface area contributed by atoms with E-state index in [0.717, 1.165) is 5.56 Å². The predicted octanol–water partition coefficient (Wildman–Crippen LogP) is 1.38. The lowest BCUT2D eigenvalue weighted by molar-refractivity contribution is 0.100. The number of carbonyl (C=O) groups excluding carboxylic acids is 1. The molecule has 0 aromatic heterocycles. The second-order valence-corrected chi connectivity index (χ2v) is 2.65. The summed E-state index contributed by atoms with van der Waals surface area (Å²) in [7, 11) is 0. The molecule has 0 saturated heterocycles. The molecule has 0 unspecified atom stereocenters. The molecule has 0 aliphatic heterocycles. The van der Waals surface area contributed by atoms with Gasteiger partial charge >= 0.3 is 0 Å². The van der Waals surface area contributed by atoms with Crippen LogP contribution in [0.1, 0.15) is 15.9 Å². The van der Waals surface area contributed by atoms with Crippen molar-refractivity contribution in [1.82, 2.24) is 0 Å². The van der Waals surface area contributed by atoms with E-state index in [1.54, 1.807) is 24.3 Å². The SMILES string of the molecule is NC(=O)c1cccc(C#CCCl)c1. The molecule has 2 nitrogen and oxygen atoms in total. The van der Waals surface area contributed by atoms with Crippen LogP contribution in [0.25, 0.3) is 0 Å². The Balaban J connectivity index is 2.98. The number of hydrogen-bond acceptors (Lipinski definition) is 1. The third-order valence-corrected chi connectivity index (χ3v) is 1.58. The van der Waals surface area contributed by atoms with Gasteiger partial charge in [-0.1, -0.05) is 17.9 Å². The van der Waals surface area contributed by atoms with Crippen LogP contribution in [0.3, 0.4) is 0 Å². The van der Waals surface area contributed by atoms with Crippen molar-refractivity contribution < 1.29 is 4.79 Å². The Labute approximate surface area is 81.7 Å². The van der Waals surface area contributed by atoms with Gasteiger partial charge in [-0.3, -0.25) is 4.79 Å². The average molecular weight is 194 g/mol. The zero-order valence-corrected chi connectivity index (χ0v) is 7.64. The van der Waals surface area contributed by atoms with Crippen molar-refractivity contribution in [2.24, 2.45) is 5.73 Å². The number of benzene rings is 1. The van der Waals surface area contributed by atoms with Crippen LogP contribution < -0.4 is 5.73 Å². The largest absolute Gasteiger partial charge is 0.366 e. The molecule has 1 rings (SSSR count). The lowest BCUT2D eigenvalue weighted by atomic mass is 10.1. The zero-order valence-electron chi connectivity index (χ0n) is 6.88. The lowest BCUT2D eigenvalue weighted by Crippen LogP contribution is -2.10. The van der Waals surface area contributed by atoms with E-state index < -0.39 is 5.91 Å². The van der Waals surface area contributed by atoms with Crippen molar-refractivity contribution in [1.29, 1.82) is 0 Å². The van der Waals surface area contributed by atoms with Crippen LogP contribution >= 0.6 is 11.6 Å². The van der Waals surface area contributed by atoms with Crippen LogP contribution in [0.4, 0.5) is 0 Å². The van der Waals surface area contributed by atoms with Gasteiger partial charge in [0.1, 0.15) is 0 Å². The molecule has 1 aromatic carbocycles. The number of halogens is 1. The van der Waals surface area contributed by atoms with Gasteiger partial charge in [-0.05, 0) is 18.2 Å². The molecule has 0 fully saturated rings. The van der Waals surface area contributed by atoms with Crippen molar-refractivity contribution in [3.8, 4) is 11.8 Å². The maximum atomic E-state index is 10.8. The Morgan fingerprint density at radius 3 is 2.92 bits per heavy atom. The molecule has 0 saturated carbocycles.